The summed E-state index contributed by atoms with van der Waals surface area (Å²) in [6, 6.07) is 1.59. The van der Waals surface area contributed by atoms with Crippen molar-refractivity contribution < 1.29 is 18.3 Å². The first-order chi connectivity index (χ1) is 7.76. The Morgan fingerprint density at radius 3 is 2.53 bits per heavy atom. The Kier molecular flexibility index (Phi) is 3.79. The first kappa shape index (κ1) is 13.9. The Morgan fingerprint density at radius 2 is 2.18 bits per heavy atom. The molecule has 1 fully saturated rings. The predicted molar refractivity (Wildman–Crippen MR) is 60.5 cm³/mol. The maximum absolute atomic E-state index is 11.7. The molecule has 0 aliphatic carbocycles. The van der Waals surface area contributed by atoms with Crippen molar-refractivity contribution in [3.05, 3.63) is 0 Å². The molecule has 0 spiro atoms. The zero-order valence-electron chi connectivity index (χ0n) is 9.88. The van der Waals surface area contributed by atoms with Gasteiger partial charge in [0.05, 0.1) is 11.5 Å². The second-order valence-corrected chi connectivity index (χ2v) is 6.58. The fraction of sp³-hybridized carbons (Fsp3) is 0.800. The Bertz CT molecular complexity index is 451. The minimum Gasteiger partial charge on any atom is -0.481 e. The van der Waals surface area contributed by atoms with Gasteiger partial charge in [0.25, 0.3) is 0 Å². The molecule has 17 heavy (non-hydrogen) atoms. The van der Waals surface area contributed by atoms with Gasteiger partial charge in [-0.3, -0.25) is 4.79 Å². The summed E-state index contributed by atoms with van der Waals surface area (Å²) in [7, 11) is -3.64. The third-order valence-corrected chi connectivity index (χ3v) is 5.03. The fourth-order valence-corrected chi connectivity index (χ4v) is 3.24. The van der Waals surface area contributed by atoms with Gasteiger partial charge >= 0.3 is 5.97 Å². The summed E-state index contributed by atoms with van der Waals surface area (Å²) in [5.41, 5.74) is -1.03. The number of aliphatic carboxylic acids is 1. The molecule has 7 heteroatoms. The number of rotatable bonds is 4. The van der Waals surface area contributed by atoms with Gasteiger partial charge in [-0.15, -0.1) is 0 Å². The summed E-state index contributed by atoms with van der Waals surface area (Å²) < 4.78 is 24.5. The fourth-order valence-electron chi connectivity index (χ4n) is 2.10. The molecule has 0 aromatic rings. The van der Waals surface area contributed by atoms with Gasteiger partial charge in [0, 0.05) is 13.1 Å². The van der Waals surface area contributed by atoms with Crippen molar-refractivity contribution in [2.24, 2.45) is 11.3 Å². The van der Waals surface area contributed by atoms with Crippen LogP contribution in [0.2, 0.25) is 0 Å². The van der Waals surface area contributed by atoms with E-state index in [9.17, 15) is 18.3 Å². The second kappa shape index (κ2) is 4.63. The lowest BCUT2D eigenvalue weighted by atomic mass is 9.77. The monoisotopic (exact) mass is 260 g/mol. The van der Waals surface area contributed by atoms with Gasteiger partial charge in [-0.1, -0.05) is 13.8 Å². The third-order valence-electron chi connectivity index (χ3n) is 3.44. The zero-order chi connectivity index (χ0) is 13.3. The molecule has 0 aromatic carbocycles. The van der Waals surface area contributed by atoms with Gasteiger partial charge in [0.2, 0.25) is 10.0 Å². The molecule has 1 unspecified atom stereocenters. The van der Waals surface area contributed by atoms with Gasteiger partial charge in [-0.05, 0) is 12.3 Å². The van der Waals surface area contributed by atoms with Crippen LogP contribution in [0.1, 0.15) is 20.3 Å². The van der Waals surface area contributed by atoms with Gasteiger partial charge in [-0.2, -0.15) is 9.57 Å². The summed E-state index contributed by atoms with van der Waals surface area (Å²) in [4.78, 5) is 11.3. The summed E-state index contributed by atoms with van der Waals surface area (Å²) in [6.45, 7) is 3.68. The number of sulfonamides is 1. The van der Waals surface area contributed by atoms with Gasteiger partial charge in [0.15, 0.2) is 5.75 Å². The standard InChI is InChI=1S/C10H16N2O4S/c1-8(2)10(9(13)14)3-5-12(7-10)17(15,16)6-4-11/h8H,3,5-7H2,1-2H3,(H,13,14). The highest BCUT2D eigenvalue weighted by atomic mass is 32.2. The van der Waals surface area contributed by atoms with E-state index >= 15 is 0 Å². The van der Waals surface area contributed by atoms with E-state index in [4.69, 9.17) is 5.26 Å². The topological polar surface area (TPSA) is 98.5 Å². The van der Waals surface area contributed by atoms with Crippen LogP contribution in [0.4, 0.5) is 0 Å². The second-order valence-electron chi connectivity index (χ2n) is 4.61. The molecule has 1 saturated heterocycles. The normalized spacial score (nSPS) is 26.0. The number of carboxylic acids is 1. The molecule has 1 aliphatic rings. The highest BCUT2D eigenvalue weighted by Crippen LogP contribution is 2.39. The van der Waals surface area contributed by atoms with E-state index in [2.05, 4.69) is 0 Å². The number of carbonyl (C=O) groups is 1. The molecule has 1 N–H and O–H groups in total. The van der Waals surface area contributed by atoms with Crippen LogP contribution in [-0.2, 0) is 14.8 Å². The number of carboxylic acid groups (broad SMARTS) is 1. The van der Waals surface area contributed by atoms with Crippen molar-refractivity contribution >= 4 is 16.0 Å². The lowest BCUT2D eigenvalue weighted by molar-refractivity contribution is -0.150. The lowest BCUT2D eigenvalue weighted by Crippen LogP contribution is -2.41. The Balaban J connectivity index is 2.96. The van der Waals surface area contributed by atoms with Crippen LogP contribution in [0.15, 0.2) is 0 Å². The maximum Gasteiger partial charge on any atom is 0.311 e. The van der Waals surface area contributed by atoms with Gasteiger partial charge in [0.1, 0.15) is 0 Å². The number of nitrogens with zero attached hydrogens (tertiary/aromatic N) is 2. The third kappa shape index (κ3) is 2.42. The van der Waals surface area contributed by atoms with E-state index in [-0.39, 0.29) is 19.0 Å². The van der Waals surface area contributed by atoms with E-state index in [1.165, 1.54) is 0 Å². The van der Waals surface area contributed by atoms with Gasteiger partial charge in [-0.25, -0.2) is 8.42 Å². The number of hydrogen-bond donors (Lipinski definition) is 1. The summed E-state index contributed by atoms with van der Waals surface area (Å²) in [6.07, 6.45) is 0.296. The Hall–Kier alpha value is -1.13. The summed E-state index contributed by atoms with van der Waals surface area (Å²) in [5, 5.41) is 17.7. The molecule has 1 aliphatic heterocycles. The molecule has 0 saturated carbocycles. The minimum absolute atomic E-state index is 0.0377. The molecule has 6 nitrogen and oxygen atoms in total. The molecule has 1 rings (SSSR count). The molecule has 0 amide bonds. The van der Waals surface area contributed by atoms with Crippen molar-refractivity contribution in [3.63, 3.8) is 0 Å². The molecule has 96 valence electrons. The first-order valence-electron chi connectivity index (χ1n) is 5.34. The van der Waals surface area contributed by atoms with Crippen LogP contribution in [-0.4, -0.2) is 42.6 Å². The number of nitriles is 1. The largest absolute Gasteiger partial charge is 0.481 e. The molecular weight excluding hydrogens is 244 g/mol. The first-order valence-corrected chi connectivity index (χ1v) is 6.95. The van der Waals surface area contributed by atoms with Crippen molar-refractivity contribution in [3.8, 4) is 6.07 Å². The van der Waals surface area contributed by atoms with Crippen molar-refractivity contribution in [2.45, 2.75) is 20.3 Å². The van der Waals surface area contributed by atoms with E-state index in [1.807, 2.05) is 0 Å². The van der Waals surface area contributed by atoms with E-state index < -0.39 is 27.2 Å². The molecule has 0 bridgehead atoms. The molecular formula is C10H16N2O4S. The zero-order valence-corrected chi connectivity index (χ0v) is 10.7. The summed E-state index contributed by atoms with van der Waals surface area (Å²) >= 11 is 0. The highest BCUT2D eigenvalue weighted by Gasteiger charge is 2.49. The van der Waals surface area contributed by atoms with Crippen LogP contribution < -0.4 is 0 Å². The van der Waals surface area contributed by atoms with Crippen LogP contribution >= 0.6 is 0 Å². The Labute approximate surface area is 101 Å². The average molecular weight is 260 g/mol. The lowest BCUT2D eigenvalue weighted by Gasteiger charge is -2.28. The average Bonchev–Trinajstić information content (AvgIpc) is 2.63. The molecule has 1 heterocycles. The Morgan fingerprint density at radius 1 is 1.59 bits per heavy atom. The quantitative estimate of drug-likeness (QED) is 0.782. The smallest absolute Gasteiger partial charge is 0.311 e. The minimum atomic E-state index is -3.64. The van der Waals surface area contributed by atoms with Crippen molar-refractivity contribution in [2.75, 3.05) is 18.8 Å². The van der Waals surface area contributed by atoms with Crippen LogP contribution in [0.5, 0.6) is 0 Å². The van der Waals surface area contributed by atoms with Gasteiger partial charge < -0.3 is 5.11 Å². The number of hydrogen-bond acceptors (Lipinski definition) is 4. The highest BCUT2D eigenvalue weighted by molar-refractivity contribution is 7.89. The maximum atomic E-state index is 11.7. The van der Waals surface area contributed by atoms with Crippen LogP contribution in [0, 0.1) is 22.7 Å². The summed E-state index contributed by atoms with van der Waals surface area (Å²) in [5.74, 6) is -1.72. The van der Waals surface area contributed by atoms with Crippen LogP contribution in [0.3, 0.4) is 0 Å². The SMILES string of the molecule is CC(C)C1(C(=O)O)CCN(S(=O)(=O)CC#N)C1. The molecule has 1 atom stereocenters. The van der Waals surface area contributed by atoms with E-state index in [0.717, 1.165) is 4.31 Å². The predicted octanol–water partition coefficient (Wildman–Crippen LogP) is 0.272. The molecule has 0 aromatic heterocycles. The molecule has 0 radical (unpaired) electrons. The van der Waals surface area contributed by atoms with Crippen molar-refractivity contribution in [1.29, 1.82) is 5.26 Å². The van der Waals surface area contributed by atoms with Crippen LogP contribution in [0.25, 0.3) is 0 Å². The van der Waals surface area contributed by atoms with Crippen molar-refractivity contribution in [1.82, 2.24) is 4.31 Å². The van der Waals surface area contributed by atoms with E-state index in [0.29, 0.717) is 6.42 Å². The van der Waals surface area contributed by atoms with E-state index in [1.54, 1.807) is 19.9 Å².